The predicted molar refractivity (Wildman–Crippen MR) is 71.9 cm³/mol. The van der Waals surface area contributed by atoms with E-state index in [9.17, 15) is 4.79 Å². The second-order valence-corrected chi connectivity index (χ2v) is 5.80. The van der Waals surface area contributed by atoms with E-state index >= 15 is 0 Å². The number of hydrogen-bond acceptors (Lipinski definition) is 2. The van der Waals surface area contributed by atoms with Gasteiger partial charge in [0, 0.05) is 12.1 Å². The Hall–Kier alpha value is -0.570. The summed E-state index contributed by atoms with van der Waals surface area (Å²) in [6, 6.07) is 0.877. The molecule has 1 aliphatic carbocycles. The SMILES string of the molecule is CC(C)CCC(C)NCC(=O)NC1CCCC1. The first kappa shape index (κ1) is 14.5. The van der Waals surface area contributed by atoms with Gasteiger partial charge in [0.05, 0.1) is 6.54 Å². The van der Waals surface area contributed by atoms with E-state index in [4.69, 9.17) is 0 Å². The van der Waals surface area contributed by atoms with Gasteiger partial charge < -0.3 is 10.6 Å². The molecule has 0 aromatic carbocycles. The highest BCUT2D eigenvalue weighted by Crippen LogP contribution is 2.17. The molecule has 3 heteroatoms. The molecule has 0 spiro atoms. The van der Waals surface area contributed by atoms with Crippen LogP contribution in [0.3, 0.4) is 0 Å². The molecular weight excluding hydrogens is 212 g/mol. The summed E-state index contributed by atoms with van der Waals surface area (Å²) in [6.07, 6.45) is 7.22. The normalized spacial score (nSPS) is 18.6. The van der Waals surface area contributed by atoms with Crippen LogP contribution in [-0.2, 0) is 4.79 Å². The fourth-order valence-corrected chi connectivity index (χ4v) is 2.30. The number of carbonyl (C=O) groups is 1. The molecule has 2 N–H and O–H groups in total. The Morgan fingerprint density at radius 1 is 1.18 bits per heavy atom. The van der Waals surface area contributed by atoms with Crippen LogP contribution >= 0.6 is 0 Å². The number of nitrogens with one attached hydrogen (secondary N) is 2. The average molecular weight is 240 g/mol. The quantitative estimate of drug-likeness (QED) is 0.717. The van der Waals surface area contributed by atoms with Gasteiger partial charge in [-0.15, -0.1) is 0 Å². The molecule has 0 aliphatic heterocycles. The second-order valence-electron chi connectivity index (χ2n) is 5.80. The summed E-state index contributed by atoms with van der Waals surface area (Å²) in [5.74, 6) is 0.903. The van der Waals surface area contributed by atoms with Gasteiger partial charge in [-0.3, -0.25) is 4.79 Å². The summed E-state index contributed by atoms with van der Waals surface area (Å²) in [6.45, 7) is 7.10. The van der Waals surface area contributed by atoms with Crippen LogP contribution in [-0.4, -0.2) is 24.5 Å². The molecule has 1 atom stereocenters. The van der Waals surface area contributed by atoms with E-state index in [0.717, 1.165) is 25.2 Å². The molecular formula is C14H28N2O. The van der Waals surface area contributed by atoms with Crippen molar-refractivity contribution in [2.75, 3.05) is 6.54 Å². The molecule has 100 valence electrons. The summed E-state index contributed by atoms with van der Waals surface area (Å²) < 4.78 is 0. The minimum absolute atomic E-state index is 0.160. The van der Waals surface area contributed by atoms with E-state index in [1.54, 1.807) is 0 Å². The van der Waals surface area contributed by atoms with Crippen LogP contribution in [0.1, 0.15) is 59.3 Å². The molecule has 1 aliphatic rings. The van der Waals surface area contributed by atoms with E-state index < -0.39 is 0 Å². The van der Waals surface area contributed by atoms with Crippen LogP contribution in [0.4, 0.5) is 0 Å². The van der Waals surface area contributed by atoms with Crippen molar-refractivity contribution in [3.05, 3.63) is 0 Å². The summed E-state index contributed by atoms with van der Waals surface area (Å²) >= 11 is 0. The molecule has 1 saturated carbocycles. The molecule has 1 rings (SSSR count). The molecule has 0 bridgehead atoms. The van der Waals surface area contributed by atoms with Crippen molar-refractivity contribution in [1.82, 2.24) is 10.6 Å². The molecule has 1 amide bonds. The first-order chi connectivity index (χ1) is 8.08. The molecule has 1 fully saturated rings. The zero-order valence-corrected chi connectivity index (χ0v) is 11.6. The highest BCUT2D eigenvalue weighted by Gasteiger charge is 2.17. The Balaban J connectivity index is 2.05. The van der Waals surface area contributed by atoms with Crippen LogP contribution in [0.25, 0.3) is 0 Å². The minimum Gasteiger partial charge on any atom is -0.352 e. The van der Waals surface area contributed by atoms with E-state index in [1.807, 2.05) is 0 Å². The maximum absolute atomic E-state index is 11.7. The van der Waals surface area contributed by atoms with Gasteiger partial charge in [-0.2, -0.15) is 0 Å². The molecule has 0 radical (unpaired) electrons. The maximum Gasteiger partial charge on any atom is 0.234 e. The maximum atomic E-state index is 11.7. The van der Waals surface area contributed by atoms with Gasteiger partial charge in [0.1, 0.15) is 0 Å². The third-order valence-corrected chi connectivity index (χ3v) is 3.51. The zero-order chi connectivity index (χ0) is 12.7. The van der Waals surface area contributed by atoms with Gasteiger partial charge in [0.25, 0.3) is 0 Å². The van der Waals surface area contributed by atoms with E-state index in [2.05, 4.69) is 31.4 Å². The molecule has 1 unspecified atom stereocenters. The van der Waals surface area contributed by atoms with Crippen LogP contribution in [0.2, 0.25) is 0 Å². The minimum atomic E-state index is 0.160. The van der Waals surface area contributed by atoms with Gasteiger partial charge in [0.2, 0.25) is 5.91 Å². The number of hydrogen-bond donors (Lipinski definition) is 2. The fourth-order valence-electron chi connectivity index (χ4n) is 2.30. The van der Waals surface area contributed by atoms with Crippen molar-refractivity contribution >= 4 is 5.91 Å². The fraction of sp³-hybridized carbons (Fsp3) is 0.929. The summed E-state index contributed by atoms with van der Waals surface area (Å²) in [7, 11) is 0. The van der Waals surface area contributed by atoms with Crippen molar-refractivity contribution in [2.45, 2.75) is 71.4 Å². The van der Waals surface area contributed by atoms with Gasteiger partial charge >= 0.3 is 0 Å². The lowest BCUT2D eigenvalue weighted by Gasteiger charge is -2.16. The monoisotopic (exact) mass is 240 g/mol. The van der Waals surface area contributed by atoms with E-state index in [-0.39, 0.29) is 5.91 Å². The molecule has 0 heterocycles. The smallest absolute Gasteiger partial charge is 0.234 e. The van der Waals surface area contributed by atoms with Crippen molar-refractivity contribution in [2.24, 2.45) is 5.92 Å². The Bertz CT molecular complexity index is 222. The standard InChI is InChI=1S/C14H28N2O/c1-11(2)8-9-12(3)15-10-14(17)16-13-6-4-5-7-13/h11-13,15H,4-10H2,1-3H3,(H,16,17). The van der Waals surface area contributed by atoms with Gasteiger partial charge in [-0.25, -0.2) is 0 Å². The Labute approximate surface area is 106 Å². The number of carbonyl (C=O) groups excluding carboxylic acids is 1. The van der Waals surface area contributed by atoms with Crippen LogP contribution < -0.4 is 10.6 Å². The van der Waals surface area contributed by atoms with Crippen molar-refractivity contribution in [1.29, 1.82) is 0 Å². The first-order valence-corrected chi connectivity index (χ1v) is 7.10. The lowest BCUT2D eigenvalue weighted by atomic mass is 10.0. The van der Waals surface area contributed by atoms with Crippen LogP contribution in [0.5, 0.6) is 0 Å². The third kappa shape index (κ3) is 6.67. The Morgan fingerprint density at radius 2 is 1.82 bits per heavy atom. The average Bonchev–Trinajstić information content (AvgIpc) is 2.76. The second kappa shape index (κ2) is 7.70. The highest BCUT2D eigenvalue weighted by atomic mass is 16.1. The lowest BCUT2D eigenvalue weighted by Crippen LogP contribution is -2.41. The van der Waals surface area contributed by atoms with Crippen LogP contribution in [0, 0.1) is 5.92 Å². The molecule has 17 heavy (non-hydrogen) atoms. The molecule has 0 aromatic rings. The Morgan fingerprint density at radius 3 is 2.41 bits per heavy atom. The highest BCUT2D eigenvalue weighted by molar-refractivity contribution is 5.78. The van der Waals surface area contributed by atoms with Crippen LogP contribution in [0.15, 0.2) is 0 Å². The van der Waals surface area contributed by atoms with Gasteiger partial charge in [0.15, 0.2) is 0 Å². The predicted octanol–water partition coefficient (Wildman–Crippen LogP) is 2.46. The van der Waals surface area contributed by atoms with Crippen molar-refractivity contribution in [3.63, 3.8) is 0 Å². The summed E-state index contributed by atoms with van der Waals surface area (Å²) in [5, 5.41) is 6.40. The summed E-state index contributed by atoms with van der Waals surface area (Å²) in [5.41, 5.74) is 0. The number of amides is 1. The topological polar surface area (TPSA) is 41.1 Å². The lowest BCUT2D eigenvalue weighted by molar-refractivity contribution is -0.121. The zero-order valence-electron chi connectivity index (χ0n) is 11.6. The van der Waals surface area contributed by atoms with Gasteiger partial charge in [-0.1, -0.05) is 26.7 Å². The molecule has 0 aromatic heterocycles. The number of rotatable bonds is 7. The Kier molecular flexibility index (Phi) is 6.56. The van der Waals surface area contributed by atoms with Gasteiger partial charge in [-0.05, 0) is 38.5 Å². The van der Waals surface area contributed by atoms with Crippen molar-refractivity contribution < 1.29 is 4.79 Å². The first-order valence-electron chi connectivity index (χ1n) is 7.10. The third-order valence-electron chi connectivity index (χ3n) is 3.51. The largest absolute Gasteiger partial charge is 0.352 e. The molecule has 0 saturated heterocycles. The molecule has 3 nitrogen and oxygen atoms in total. The van der Waals surface area contributed by atoms with E-state index in [0.29, 0.717) is 18.6 Å². The van der Waals surface area contributed by atoms with Crippen molar-refractivity contribution in [3.8, 4) is 0 Å². The van der Waals surface area contributed by atoms with E-state index in [1.165, 1.54) is 19.3 Å². The summed E-state index contributed by atoms with van der Waals surface area (Å²) in [4.78, 5) is 11.7.